The van der Waals surface area contributed by atoms with E-state index in [1.54, 1.807) is 30.3 Å². The number of methoxy groups -OCH3 is 1. The average molecular weight is 946 g/mol. The maximum absolute atomic E-state index is 14.6. The van der Waals surface area contributed by atoms with E-state index in [4.69, 9.17) is 52.1 Å². The number of carbonyl (C=O) groups is 8. The van der Waals surface area contributed by atoms with Crippen molar-refractivity contribution in [2.75, 3.05) is 20.3 Å². The SMILES string of the molecule is COC(=O)[C@@]1(O[C@H]2[C@H]3OC(c4ccccc4)OC[C@H]3O[C@@H](Sc3ccc(C)cc3)[C@@H]2OC(=O)CCC(C)=O)C[C@H](OC(C)=O)[C@@H](NC(C)=O)[C@H]([C@H](OC(C)=O)[C@@H](COC(C)=O)OC(C)=O)O1. The molecule has 5 rings (SSSR count). The molecule has 3 aliphatic heterocycles. The first-order valence-electron chi connectivity index (χ1n) is 21.0. The molecule has 2 aromatic rings. The van der Waals surface area contributed by atoms with Crippen LogP contribution in [-0.2, 0) is 90.5 Å². The molecular weight excluding hydrogens is 891 g/mol. The maximum atomic E-state index is 14.6. The van der Waals surface area contributed by atoms with Gasteiger partial charge in [-0.3, -0.25) is 28.8 Å². The summed E-state index contributed by atoms with van der Waals surface area (Å²) >= 11 is 1.15. The van der Waals surface area contributed by atoms with E-state index < -0.39 is 127 Å². The summed E-state index contributed by atoms with van der Waals surface area (Å²) in [6.45, 7) is 7.70. The van der Waals surface area contributed by atoms with Crippen LogP contribution in [0.2, 0.25) is 0 Å². The standard InChI is InChI=1S/C45H55NO19S/c1-23-14-17-31(18-15-23)66-43-41(62-35(53)19-16-24(2)47)40(38-34(61-43)22-57-42(63-38)30-12-10-9-11-13-30)65-45(44(54)55-8)20-32(58-27(5)50)36(46-25(3)48)39(64-45)37(60-29(7)52)33(59-28(6)51)21-56-26(4)49/h9-15,17-18,32-34,36-43H,16,19-22H2,1-8H3,(H,46,48)/t32-,33+,34+,36+,37+,38-,39+,40-,41+,42?,43-,45-/m0/s1. The Bertz CT molecular complexity index is 2070. The van der Waals surface area contributed by atoms with Gasteiger partial charge in [0, 0.05) is 51.5 Å². The third-order valence-electron chi connectivity index (χ3n) is 10.4. The summed E-state index contributed by atoms with van der Waals surface area (Å²) in [6, 6.07) is 14.7. The third kappa shape index (κ3) is 13.8. The molecule has 20 nitrogen and oxygen atoms in total. The number of thioether (sulfide) groups is 1. The molecule has 21 heteroatoms. The molecule has 12 atom stereocenters. The number of aryl methyl sites for hydroxylation is 1. The molecule has 360 valence electrons. The van der Waals surface area contributed by atoms with E-state index in [0.29, 0.717) is 10.5 Å². The first-order valence-corrected chi connectivity index (χ1v) is 21.9. The quantitative estimate of drug-likeness (QED) is 0.166. The number of esters is 6. The van der Waals surface area contributed by atoms with Crippen molar-refractivity contribution in [1.82, 2.24) is 5.32 Å². The summed E-state index contributed by atoms with van der Waals surface area (Å²) < 4.78 is 66.6. The Kier molecular flexibility index (Phi) is 18.2. The second-order valence-corrected chi connectivity index (χ2v) is 17.0. The van der Waals surface area contributed by atoms with E-state index in [-0.39, 0.29) is 25.2 Å². The molecule has 0 spiro atoms. The zero-order valence-electron chi connectivity index (χ0n) is 37.7. The molecule has 3 aliphatic rings. The van der Waals surface area contributed by atoms with Crippen molar-refractivity contribution in [3.8, 4) is 0 Å². The van der Waals surface area contributed by atoms with Crippen LogP contribution in [0.25, 0.3) is 0 Å². The second kappa shape index (κ2) is 23.3. The fourth-order valence-electron chi connectivity index (χ4n) is 7.66. The van der Waals surface area contributed by atoms with E-state index in [1.165, 1.54) is 6.92 Å². The van der Waals surface area contributed by atoms with Crippen LogP contribution >= 0.6 is 11.8 Å². The number of hydrogen-bond donors (Lipinski definition) is 1. The number of rotatable bonds is 18. The predicted molar refractivity (Wildman–Crippen MR) is 226 cm³/mol. The average Bonchev–Trinajstić information content (AvgIpc) is 3.25. The number of ether oxygens (including phenoxy) is 11. The van der Waals surface area contributed by atoms with Crippen molar-refractivity contribution in [3.63, 3.8) is 0 Å². The number of amides is 1. The monoisotopic (exact) mass is 945 g/mol. The molecule has 0 saturated carbocycles. The Morgan fingerprint density at radius 1 is 0.803 bits per heavy atom. The first kappa shape index (κ1) is 51.5. The second-order valence-electron chi connectivity index (χ2n) is 15.8. The largest absolute Gasteiger partial charge is 0.465 e. The van der Waals surface area contributed by atoms with Crippen LogP contribution in [0.3, 0.4) is 0 Å². The lowest BCUT2D eigenvalue weighted by Crippen LogP contribution is -2.72. The van der Waals surface area contributed by atoms with Crippen molar-refractivity contribution in [2.24, 2.45) is 0 Å². The molecule has 1 N–H and O–H groups in total. The highest BCUT2D eigenvalue weighted by molar-refractivity contribution is 7.99. The predicted octanol–water partition coefficient (Wildman–Crippen LogP) is 3.11. The molecule has 3 fully saturated rings. The summed E-state index contributed by atoms with van der Waals surface area (Å²) in [5.41, 5.74) is 0.411. The fraction of sp³-hybridized carbons (Fsp3) is 0.556. The summed E-state index contributed by atoms with van der Waals surface area (Å²) in [4.78, 5) is 104. The van der Waals surface area contributed by atoms with Crippen molar-refractivity contribution < 1.29 is 90.5 Å². The van der Waals surface area contributed by atoms with Crippen LogP contribution in [0.1, 0.15) is 78.2 Å². The van der Waals surface area contributed by atoms with E-state index in [0.717, 1.165) is 59.1 Å². The summed E-state index contributed by atoms with van der Waals surface area (Å²) in [6.07, 6.45) is -14.5. The van der Waals surface area contributed by atoms with Crippen LogP contribution < -0.4 is 5.32 Å². The molecule has 0 radical (unpaired) electrons. The lowest BCUT2D eigenvalue weighted by molar-refractivity contribution is -0.375. The van der Waals surface area contributed by atoms with Gasteiger partial charge in [0.15, 0.2) is 24.6 Å². The fourth-order valence-corrected chi connectivity index (χ4v) is 8.76. The Morgan fingerprint density at radius 2 is 1.48 bits per heavy atom. The van der Waals surface area contributed by atoms with Gasteiger partial charge in [0.1, 0.15) is 48.3 Å². The minimum absolute atomic E-state index is 0.107. The topological polar surface area (TPSA) is 250 Å². The van der Waals surface area contributed by atoms with Crippen molar-refractivity contribution in [1.29, 1.82) is 0 Å². The lowest BCUT2D eigenvalue weighted by atomic mass is 9.87. The molecule has 0 aromatic heterocycles. The molecule has 0 bridgehead atoms. The van der Waals surface area contributed by atoms with Gasteiger partial charge < -0.3 is 62.2 Å². The number of hydrogen-bond acceptors (Lipinski definition) is 20. The van der Waals surface area contributed by atoms with Gasteiger partial charge in [-0.25, -0.2) is 4.79 Å². The molecule has 2 aromatic carbocycles. The van der Waals surface area contributed by atoms with Crippen molar-refractivity contribution >= 4 is 59.3 Å². The highest BCUT2D eigenvalue weighted by atomic mass is 32.2. The molecular formula is C45H55NO19S. The minimum atomic E-state index is -2.76. The van der Waals surface area contributed by atoms with Gasteiger partial charge in [0.05, 0.1) is 32.6 Å². The van der Waals surface area contributed by atoms with E-state index in [1.807, 2.05) is 31.2 Å². The Hall–Kier alpha value is -5.45. The number of fused-ring (bicyclic) bond motifs is 1. The highest BCUT2D eigenvalue weighted by Crippen LogP contribution is 2.45. The molecule has 1 unspecified atom stereocenters. The van der Waals surface area contributed by atoms with Crippen LogP contribution in [0.4, 0.5) is 0 Å². The van der Waals surface area contributed by atoms with Gasteiger partial charge in [-0.15, -0.1) is 0 Å². The van der Waals surface area contributed by atoms with Gasteiger partial charge in [-0.1, -0.05) is 59.8 Å². The van der Waals surface area contributed by atoms with Gasteiger partial charge >= 0.3 is 35.8 Å². The van der Waals surface area contributed by atoms with Crippen molar-refractivity contribution in [2.45, 2.75) is 145 Å². The number of nitrogens with one attached hydrogen (secondary N) is 1. The van der Waals surface area contributed by atoms with Crippen molar-refractivity contribution in [3.05, 3.63) is 65.7 Å². The van der Waals surface area contributed by atoms with Gasteiger partial charge in [-0.05, 0) is 26.0 Å². The summed E-state index contributed by atoms with van der Waals surface area (Å²) in [5, 5.41) is 2.63. The van der Waals surface area contributed by atoms with Gasteiger partial charge in [-0.2, -0.15) is 0 Å². The zero-order chi connectivity index (χ0) is 48.3. The first-order chi connectivity index (χ1) is 31.3. The zero-order valence-corrected chi connectivity index (χ0v) is 38.6. The molecule has 3 heterocycles. The number of Topliss-reactive ketones (excluding diaryl/α,β-unsaturated/α-hetero) is 1. The van der Waals surface area contributed by atoms with E-state index >= 15 is 0 Å². The minimum Gasteiger partial charge on any atom is -0.465 e. The van der Waals surface area contributed by atoms with Gasteiger partial charge in [0.25, 0.3) is 5.79 Å². The van der Waals surface area contributed by atoms with Crippen LogP contribution in [-0.4, -0.2) is 134 Å². The Balaban J connectivity index is 1.73. The molecule has 3 saturated heterocycles. The van der Waals surface area contributed by atoms with E-state index in [9.17, 15) is 38.4 Å². The molecule has 66 heavy (non-hydrogen) atoms. The smallest absolute Gasteiger partial charge is 0.366 e. The van der Waals surface area contributed by atoms with Gasteiger partial charge in [0.2, 0.25) is 5.91 Å². The van der Waals surface area contributed by atoms with Crippen LogP contribution in [0, 0.1) is 6.92 Å². The van der Waals surface area contributed by atoms with Crippen LogP contribution in [0.15, 0.2) is 59.5 Å². The normalized spacial score (nSPS) is 27.9. The maximum Gasteiger partial charge on any atom is 0.366 e. The summed E-state index contributed by atoms with van der Waals surface area (Å²) in [5.74, 6) is -9.45. The molecule has 0 aliphatic carbocycles. The highest BCUT2D eigenvalue weighted by Gasteiger charge is 2.63. The van der Waals surface area contributed by atoms with Crippen LogP contribution in [0.5, 0.6) is 0 Å². The Morgan fingerprint density at radius 3 is 2.08 bits per heavy atom. The number of ketones is 1. The lowest BCUT2D eigenvalue weighted by Gasteiger charge is -2.53. The Labute approximate surface area is 385 Å². The molecule has 1 amide bonds. The third-order valence-corrected chi connectivity index (χ3v) is 11.6. The summed E-state index contributed by atoms with van der Waals surface area (Å²) in [7, 11) is 1.01. The van der Waals surface area contributed by atoms with E-state index in [2.05, 4.69) is 5.32 Å². The number of benzene rings is 2. The number of carbonyl (C=O) groups excluding carboxylic acids is 8.